The molecule has 0 aromatic carbocycles. The molecule has 168 valence electrons. The standard InChI is InChI=1S/C16H22BrN7O2.2C2H6/c1-16(2,3)26-15(25)23(4)10-7-24(8-10)14-13(22-18)20-11-5-9(17)6-19-12(11)21-14;2*1-2/h5-6,10H,7-8,18H2,1-4H3,(H,20,22);2*1-2H3. The third-order valence-electron chi connectivity index (χ3n) is 4.00. The number of aromatic nitrogens is 3. The number of nitrogens with one attached hydrogen (secondary N) is 1. The lowest BCUT2D eigenvalue weighted by atomic mass is 10.1. The fourth-order valence-corrected chi connectivity index (χ4v) is 2.91. The van der Waals surface area contributed by atoms with Crippen LogP contribution in [0.3, 0.4) is 0 Å². The Balaban J connectivity index is 0.00000106. The normalized spacial score (nSPS) is 13.3. The van der Waals surface area contributed by atoms with E-state index >= 15 is 0 Å². The molecule has 0 spiro atoms. The van der Waals surface area contributed by atoms with Crippen molar-refractivity contribution >= 4 is 44.8 Å². The number of carbonyl (C=O) groups excluding carboxylic acids is 1. The molecule has 0 radical (unpaired) electrons. The number of pyridine rings is 1. The first-order valence-corrected chi connectivity index (χ1v) is 11.0. The molecule has 0 aliphatic carbocycles. The lowest BCUT2D eigenvalue weighted by molar-refractivity contribution is 0.0196. The summed E-state index contributed by atoms with van der Waals surface area (Å²) in [6, 6.07) is 1.86. The molecule has 30 heavy (non-hydrogen) atoms. The zero-order valence-corrected chi connectivity index (χ0v) is 20.7. The van der Waals surface area contributed by atoms with E-state index in [2.05, 4.69) is 36.3 Å². The maximum absolute atomic E-state index is 12.2. The zero-order valence-electron chi connectivity index (χ0n) is 19.2. The minimum Gasteiger partial charge on any atom is -0.444 e. The maximum Gasteiger partial charge on any atom is 0.410 e. The Hall–Kier alpha value is -2.20. The first-order valence-electron chi connectivity index (χ1n) is 10.2. The molecule has 2 aromatic rings. The Kier molecular flexibility index (Phi) is 9.70. The van der Waals surface area contributed by atoms with Crippen LogP contribution in [0.2, 0.25) is 0 Å². The molecular formula is C20H34BrN7O2. The highest BCUT2D eigenvalue weighted by Crippen LogP contribution is 2.29. The van der Waals surface area contributed by atoms with Crippen molar-refractivity contribution in [1.29, 1.82) is 0 Å². The number of hydrogen-bond donors (Lipinski definition) is 2. The molecule has 3 heterocycles. The number of likely N-dealkylation sites (N-methyl/N-ethyl adjacent to an activating group) is 1. The second kappa shape index (κ2) is 11.3. The highest BCUT2D eigenvalue weighted by molar-refractivity contribution is 9.10. The van der Waals surface area contributed by atoms with Crippen molar-refractivity contribution in [1.82, 2.24) is 19.9 Å². The summed E-state index contributed by atoms with van der Waals surface area (Å²) in [6.45, 7) is 14.8. The number of rotatable bonds is 3. The van der Waals surface area contributed by atoms with Gasteiger partial charge in [0.05, 0.1) is 6.04 Å². The van der Waals surface area contributed by atoms with Crippen molar-refractivity contribution in [3.63, 3.8) is 0 Å². The van der Waals surface area contributed by atoms with Crippen LogP contribution < -0.4 is 16.2 Å². The van der Waals surface area contributed by atoms with Gasteiger partial charge in [-0.15, -0.1) is 0 Å². The van der Waals surface area contributed by atoms with Gasteiger partial charge in [-0.3, -0.25) is 0 Å². The van der Waals surface area contributed by atoms with Gasteiger partial charge >= 0.3 is 6.09 Å². The number of nitrogen functional groups attached to an aromatic ring is 1. The molecule has 0 unspecified atom stereocenters. The number of anilines is 2. The molecule has 2 aromatic heterocycles. The predicted molar refractivity (Wildman–Crippen MR) is 126 cm³/mol. The van der Waals surface area contributed by atoms with E-state index in [0.717, 1.165) is 4.47 Å². The van der Waals surface area contributed by atoms with Crippen LogP contribution in [0.4, 0.5) is 16.4 Å². The summed E-state index contributed by atoms with van der Waals surface area (Å²) < 4.78 is 6.22. The smallest absolute Gasteiger partial charge is 0.410 e. The van der Waals surface area contributed by atoms with Gasteiger partial charge in [-0.2, -0.15) is 0 Å². The van der Waals surface area contributed by atoms with E-state index in [0.29, 0.717) is 35.9 Å². The monoisotopic (exact) mass is 483 g/mol. The first-order chi connectivity index (χ1) is 14.2. The highest BCUT2D eigenvalue weighted by Gasteiger charge is 2.36. The number of nitrogens with two attached hydrogens (primary N) is 1. The van der Waals surface area contributed by atoms with Crippen LogP contribution >= 0.6 is 15.9 Å². The Morgan fingerprint density at radius 1 is 1.27 bits per heavy atom. The van der Waals surface area contributed by atoms with Gasteiger partial charge in [0.2, 0.25) is 0 Å². The van der Waals surface area contributed by atoms with E-state index in [1.165, 1.54) is 0 Å². The first kappa shape index (κ1) is 25.8. The molecule has 0 saturated carbocycles. The summed E-state index contributed by atoms with van der Waals surface area (Å²) in [5.74, 6) is 6.70. The Morgan fingerprint density at radius 2 is 1.87 bits per heavy atom. The molecule has 1 amide bonds. The number of nitrogens with zero attached hydrogens (tertiary/aromatic N) is 5. The Morgan fingerprint density at radius 3 is 2.40 bits per heavy atom. The van der Waals surface area contributed by atoms with Gasteiger partial charge in [0.15, 0.2) is 17.3 Å². The third-order valence-corrected chi connectivity index (χ3v) is 4.43. The molecule has 1 aliphatic rings. The number of amides is 1. The van der Waals surface area contributed by atoms with E-state index in [9.17, 15) is 4.79 Å². The van der Waals surface area contributed by atoms with Crippen molar-refractivity contribution in [3.05, 3.63) is 16.7 Å². The Bertz CT molecular complexity index is 836. The van der Waals surface area contributed by atoms with Crippen molar-refractivity contribution < 1.29 is 9.53 Å². The van der Waals surface area contributed by atoms with Gasteiger partial charge in [0.25, 0.3) is 0 Å². The van der Waals surface area contributed by atoms with E-state index in [1.54, 1.807) is 18.1 Å². The molecule has 1 saturated heterocycles. The third kappa shape index (κ3) is 6.40. The molecule has 1 aliphatic heterocycles. The number of ether oxygens (including phenoxy) is 1. The van der Waals surface area contributed by atoms with Crippen molar-refractivity contribution in [3.8, 4) is 0 Å². The number of hydrazine groups is 1. The number of fused-ring (bicyclic) bond motifs is 1. The van der Waals surface area contributed by atoms with Gasteiger partial charge in [0.1, 0.15) is 11.1 Å². The van der Waals surface area contributed by atoms with Crippen molar-refractivity contribution in [2.75, 3.05) is 30.5 Å². The van der Waals surface area contributed by atoms with E-state index in [4.69, 9.17) is 10.6 Å². The van der Waals surface area contributed by atoms with Gasteiger partial charge in [0, 0.05) is 30.8 Å². The fourth-order valence-electron chi connectivity index (χ4n) is 2.59. The summed E-state index contributed by atoms with van der Waals surface area (Å²) in [6.07, 6.45) is 1.33. The van der Waals surface area contributed by atoms with E-state index in [-0.39, 0.29) is 12.1 Å². The highest BCUT2D eigenvalue weighted by atomic mass is 79.9. The van der Waals surface area contributed by atoms with Crippen molar-refractivity contribution in [2.45, 2.75) is 60.1 Å². The molecular weight excluding hydrogens is 450 g/mol. The van der Waals surface area contributed by atoms with Crippen molar-refractivity contribution in [2.24, 2.45) is 5.84 Å². The molecule has 10 heteroatoms. The lowest BCUT2D eigenvalue weighted by Gasteiger charge is -2.44. The second-order valence-corrected chi connectivity index (χ2v) is 8.10. The summed E-state index contributed by atoms with van der Waals surface area (Å²) in [4.78, 5) is 29.1. The summed E-state index contributed by atoms with van der Waals surface area (Å²) in [7, 11) is 1.74. The van der Waals surface area contributed by atoms with Gasteiger partial charge in [-0.25, -0.2) is 25.6 Å². The van der Waals surface area contributed by atoms with Gasteiger partial charge in [-0.1, -0.05) is 27.7 Å². The van der Waals surface area contributed by atoms with Gasteiger partial charge < -0.3 is 20.0 Å². The maximum atomic E-state index is 12.2. The van der Waals surface area contributed by atoms with Crippen LogP contribution in [0.5, 0.6) is 0 Å². The lowest BCUT2D eigenvalue weighted by Crippen LogP contribution is -2.60. The second-order valence-electron chi connectivity index (χ2n) is 7.19. The summed E-state index contributed by atoms with van der Waals surface area (Å²) in [5, 5.41) is 0. The molecule has 9 nitrogen and oxygen atoms in total. The van der Waals surface area contributed by atoms with Crippen LogP contribution in [0.25, 0.3) is 11.2 Å². The minimum absolute atomic E-state index is 0.0332. The fraction of sp³-hybridized carbons (Fsp3) is 0.600. The van der Waals surface area contributed by atoms with Crippen LogP contribution in [0.15, 0.2) is 16.7 Å². The largest absolute Gasteiger partial charge is 0.444 e. The average molecular weight is 484 g/mol. The molecule has 0 bridgehead atoms. The number of carbonyl (C=O) groups is 1. The van der Waals surface area contributed by atoms with Gasteiger partial charge in [-0.05, 0) is 42.8 Å². The molecule has 0 atom stereocenters. The minimum atomic E-state index is -0.519. The van der Waals surface area contributed by atoms with Crippen LogP contribution in [0, 0.1) is 0 Å². The number of hydrogen-bond acceptors (Lipinski definition) is 8. The number of halogens is 1. The van der Waals surface area contributed by atoms with E-state index in [1.807, 2.05) is 59.4 Å². The summed E-state index contributed by atoms with van der Waals surface area (Å²) >= 11 is 3.37. The average Bonchev–Trinajstić information content (AvgIpc) is 2.68. The molecule has 1 fully saturated rings. The quantitative estimate of drug-likeness (QED) is 0.493. The molecule has 3 N–H and O–H groups in total. The predicted octanol–water partition coefficient (Wildman–Crippen LogP) is 4.18. The van der Waals surface area contributed by atoms with Crippen LogP contribution in [-0.2, 0) is 4.74 Å². The SMILES string of the molecule is CC.CC.CN(C(=O)OC(C)(C)C)C1CN(c2nc3ncc(Br)cc3nc2NN)C1. The Labute approximate surface area is 187 Å². The van der Waals surface area contributed by atoms with Crippen LogP contribution in [0.1, 0.15) is 48.5 Å². The van der Waals surface area contributed by atoms with E-state index < -0.39 is 5.60 Å². The summed E-state index contributed by atoms with van der Waals surface area (Å²) in [5.41, 5.74) is 3.24. The van der Waals surface area contributed by atoms with Crippen LogP contribution in [-0.4, -0.2) is 57.7 Å². The zero-order chi connectivity index (χ0) is 23.1. The molecule has 3 rings (SSSR count). The topological polar surface area (TPSA) is 110 Å².